The molecule has 6 heteroatoms. The third-order valence-corrected chi connectivity index (χ3v) is 3.29. The molecule has 0 saturated heterocycles. The van der Waals surface area contributed by atoms with Gasteiger partial charge in [-0.3, -0.25) is 0 Å². The van der Waals surface area contributed by atoms with Gasteiger partial charge in [0.25, 0.3) is 0 Å². The van der Waals surface area contributed by atoms with Gasteiger partial charge in [0, 0.05) is 6.54 Å². The average Bonchev–Trinajstić information content (AvgIpc) is 2.59. The van der Waals surface area contributed by atoms with E-state index in [0.29, 0.717) is 30.5 Å². The van der Waals surface area contributed by atoms with Crippen LogP contribution in [0.3, 0.4) is 0 Å². The lowest BCUT2D eigenvalue weighted by Gasteiger charge is -2.10. The molecule has 0 radical (unpaired) electrons. The van der Waals surface area contributed by atoms with Gasteiger partial charge < -0.3 is 25.6 Å². The van der Waals surface area contributed by atoms with Crippen LogP contribution in [0.1, 0.15) is 11.1 Å². The number of nitrogens with one attached hydrogen (secondary N) is 1. The lowest BCUT2D eigenvalue weighted by atomic mass is 10.2. The normalized spacial score (nSPS) is 11.1. The summed E-state index contributed by atoms with van der Waals surface area (Å²) in [6, 6.07) is 13.3. The summed E-state index contributed by atoms with van der Waals surface area (Å²) in [6.45, 7) is 0.957. The molecular formula is C17H21N3O3. The van der Waals surface area contributed by atoms with E-state index in [9.17, 15) is 5.11 Å². The zero-order valence-corrected chi connectivity index (χ0v) is 13.2. The van der Waals surface area contributed by atoms with Crippen LogP contribution in [0.2, 0.25) is 0 Å². The van der Waals surface area contributed by atoms with Crippen molar-refractivity contribution in [2.24, 2.45) is 10.7 Å². The molecule has 23 heavy (non-hydrogen) atoms. The predicted molar refractivity (Wildman–Crippen MR) is 89.8 cm³/mol. The Labute approximate surface area is 135 Å². The molecule has 2 rings (SSSR count). The molecule has 122 valence electrons. The molecule has 0 aliphatic heterocycles. The van der Waals surface area contributed by atoms with Gasteiger partial charge in [-0.15, -0.1) is 0 Å². The standard InChI is InChI=1S/C17H21N3O3/c1-22-14-8-13(9-15(23-2)16(14)21)11-20-17(18)19-10-12-6-4-3-5-7-12/h3-9,21H,10-11H2,1-2H3,(H3,18,19,20). The summed E-state index contributed by atoms with van der Waals surface area (Å²) >= 11 is 0. The van der Waals surface area contributed by atoms with E-state index in [4.69, 9.17) is 15.2 Å². The Kier molecular flexibility index (Phi) is 5.68. The number of aromatic hydroxyl groups is 1. The van der Waals surface area contributed by atoms with E-state index in [1.807, 2.05) is 30.3 Å². The van der Waals surface area contributed by atoms with Gasteiger partial charge in [0.05, 0.1) is 20.8 Å². The van der Waals surface area contributed by atoms with Crippen LogP contribution >= 0.6 is 0 Å². The zero-order valence-electron chi connectivity index (χ0n) is 13.2. The molecule has 0 amide bonds. The molecule has 0 saturated carbocycles. The van der Waals surface area contributed by atoms with Crippen LogP contribution in [0.15, 0.2) is 47.5 Å². The van der Waals surface area contributed by atoms with Gasteiger partial charge in [-0.1, -0.05) is 30.3 Å². The average molecular weight is 315 g/mol. The largest absolute Gasteiger partial charge is 0.502 e. The van der Waals surface area contributed by atoms with Crippen LogP contribution in [0.5, 0.6) is 17.2 Å². The van der Waals surface area contributed by atoms with E-state index in [1.54, 1.807) is 12.1 Å². The maximum absolute atomic E-state index is 9.88. The predicted octanol–water partition coefficient (Wildman–Crippen LogP) is 2.01. The first-order chi connectivity index (χ1) is 11.1. The minimum atomic E-state index is -0.0297. The number of benzene rings is 2. The highest BCUT2D eigenvalue weighted by molar-refractivity contribution is 5.77. The van der Waals surface area contributed by atoms with Crippen molar-refractivity contribution in [1.29, 1.82) is 0 Å². The van der Waals surface area contributed by atoms with E-state index < -0.39 is 0 Å². The number of methoxy groups -OCH3 is 2. The highest BCUT2D eigenvalue weighted by atomic mass is 16.5. The number of aliphatic imine (C=N–C) groups is 1. The lowest BCUT2D eigenvalue weighted by Crippen LogP contribution is -2.31. The van der Waals surface area contributed by atoms with Gasteiger partial charge in [0.2, 0.25) is 5.75 Å². The summed E-state index contributed by atoms with van der Waals surface area (Å²) in [7, 11) is 2.97. The minimum absolute atomic E-state index is 0.0297. The molecule has 0 aromatic heterocycles. The smallest absolute Gasteiger partial charge is 0.200 e. The molecule has 0 aliphatic carbocycles. The first-order valence-corrected chi connectivity index (χ1v) is 7.15. The number of phenolic OH excluding ortho intramolecular Hbond substituents is 1. The molecule has 4 N–H and O–H groups in total. The molecule has 0 bridgehead atoms. The van der Waals surface area contributed by atoms with Gasteiger partial charge in [-0.2, -0.15) is 0 Å². The zero-order chi connectivity index (χ0) is 16.7. The molecule has 2 aromatic rings. The van der Waals surface area contributed by atoms with E-state index in [2.05, 4.69) is 10.3 Å². The Morgan fingerprint density at radius 1 is 1.09 bits per heavy atom. The molecule has 0 aliphatic rings. The summed E-state index contributed by atoms with van der Waals surface area (Å²) in [6.07, 6.45) is 0. The molecule has 2 aromatic carbocycles. The summed E-state index contributed by atoms with van der Waals surface area (Å²) in [5.74, 6) is 0.994. The number of nitrogens with zero attached hydrogens (tertiary/aromatic N) is 1. The highest BCUT2D eigenvalue weighted by Crippen LogP contribution is 2.37. The van der Waals surface area contributed by atoms with Gasteiger partial charge in [0.1, 0.15) is 0 Å². The first-order valence-electron chi connectivity index (χ1n) is 7.15. The second-order valence-electron chi connectivity index (χ2n) is 4.89. The molecular weight excluding hydrogens is 294 g/mol. The molecule has 0 unspecified atom stereocenters. The van der Waals surface area contributed by atoms with Crippen LogP contribution in [-0.4, -0.2) is 25.3 Å². The monoisotopic (exact) mass is 315 g/mol. The van der Waals surface area contributed by atoms with E-state index in [0.717, 1.165) is 11.1 Å². The first kappa shape index (κ1) is 16.5. The van der Waals surface area contributed by atoms with Crippen molar-refractivity contribution in [1.82, 2.24) is 5.32 Å². The van der Waals surface area contributed by atoms with Crippen LogP contribution in [-0.2, 0) is 13.1 Å². The maximum Gasteiger partial charge on any atom is 0.200 e. The van der Waals surface area contributed by atoms with Crippen molar-refractivity contribution in [2.75, 3.05) is 14.2 Å². The van der Waals surface area contributed by atoms with Crippen LogP contribution in [0.4, 0.5) is 0 Å². The number of guanidine groups is 1. The summed E-state index contributed by atoms with van der Waals surface area (Å²) in [5, 5.41) is 12.9. The van der Waals surface area contributed by atoms with Crippen molar-refractivity contribution >= 4 is 5.96 Å². The van der Waals surface area contributed by atoms with E-state index >= 15 is 0 Å². The Morgan fingerprint density at radius 2 is 1.70 bits per heavy atom. The topological polar surface area (TPSA) is 89.1 Å². The van der Waals surface area contributed by atoms with Crippen molar-refractivity contribution in [2.45, 2.75) is 13.1 Å². The number of rotatable bonds is 6. The van der Waals surface area contributed by atoms with Gasteiger partial charge >= 0.3 is 0 Å². The Bertz CT molecular complexity index is 647. The number of phenols is 1. The van der Waals surface area contributed by atoms with Crippen molar-refractivity contribution in [3.8, 4) is 17.2 Å². The van der Waals surface area contributed by atoms with Crippen molar-refractivity contribution in [3.05, 3.63) is 53.6 Å². The molecule has 0 spiro atoms. The number of hydrogen-bond acceptors (Lipinski definition) is 4. The van der Waals surface area contributed by atoms with Gasteiger partial charge in [-0.05, 0) is 23.3 Å². The van der Waals surface area contributed by atoms with Gasteiger partial charge in [-0.25, -0.2) is 4.99 Å². The summed E-state index contributed by atoms with van der Waals surface area (Å²) in [4.78, 5) is 4.28. The Morgan fingerprint density at radius 3 is 2.26 bits per heavy atom. The molecule has 0 atom stereocenters. The number of ether oxygens (including phenoxy) is 2. The second kappa shape index (κ2) is 7.93. The third kappa shape index (κ3) is 4.54. The summed E-state index contributed by atoms with van der Waals surface area (Å²) in [5.41, 5.74) is 7.81. The second-order valence-corrected chi connectivity index (χ2v) is 4.89. The van der Waals surface area contributed by atoms with Crippen LogP contribution < -0.4 is 20.5 Å². The lowest BCUT2D eigenvalue weighted by molar-refractivity contribution is 0.339. The fourth-order valence-corrected chi connectivity index (χ4v) is 2.06. The quantitative estimate of drug-likeness (QED) is 0.560. The van der Waals surface area contributed by atoms with Crippen LogP contribution in [0, 0.1) is 0 Å². The van der Waals surface area contributed by atoms with Crippen LogP contribution in [0.25, 0.3) is 0 Å². The van der Waals surface area contributed by atoms with E-state index in [-0.39, 0.29) is 5.75 Å². The van der Waals surface area contributed by atoms with E-state index in [1.165, 1.54) is 14.2 Å². The fourth-order valence-electron chi connectivity index (χ4n) is 2.06. The Hall–Kier alpha value is -2.89. The molecule has 6 nitrogen and oxygen atoms in total. The van der Waals surface area contributed by atoms with Crippen molar-refractivity contribution < 1.29 is 14.6 Å². The maximum atomic E-state index is 9.88. The SMILES string of the molecule is COc1cc(CN=C(N)NCc2ccccc2)cc(OC)c1O. The minimum Gasteiger partial charge on any atom is -0.502 e. The third-order valence-electron chi connectivity index (χ3n) is 3.29. The molecule has 0 heterocycles. The number of hydrogen-bond donors (Lipinski definition) is 3. The Balaban J connectivity index is 2.01. The fraction of sp³-hybridized carbons (Fsp3) is 0.235. The number of nitrogens with two attached hydrogens (primary N) is 1. The summed E-state index contributed by atoms with van der Waals surface area (Å²) < 4.78 is 10.2. The highest BCUT2D eigenvalue weighted by Gasteiger charge is 2.10. The van der Waals surface area contributed by atoms with Gasteiger partial charge in [0.15, 0.2) is 17.5 Å². The molecule has 0 fully saturated rings. The van der Waals surface area contributed by atoms with Crippen molar-refractivity contribution in [3.63, 3.8) is 0 Å².